The highest BCUT2D eigenvalue weighted by atomic mass is 35.5. The molecule has 0 saturated heterocycles. The first-order valence-corrected chi connectivity index (χ1v) is 5.79. The number of nitrogens with zero attached hydrogens (tertiary/aromatic N) is 3. The molecule has 0 radical (unpaired) electrons. The summed E-state index contributed by atoms with van der Waals surface area (Å²) >= 11 is 13.0. The van der Waals surface area contributed by atoms with Crippen molar-refractivity contribution in [3.05, 3.63) is 34.7 Å². The molecular formula is C9H6Cl2N4S. The number of hydrogen-bond donors (Lipinski definition) is 1. The minimum Gasteiger partial charge on any atom is -0.382 e. The summed E-state index contributed by atoms with van der Waals surface area (Å²) in [5, 5.41) is 2.03. The summed E-state index contributed by atoms with van der Waals surface area (Å²) < 4.78 is 0. The van der Waals surface area contributed by atoms with Crippen LogP contribution in [0, 0.1) is 0 Å². The van der Waals surface area contributed by atoms with Gasteiger partial charge in [0, 0.05) is 12.4 Å². The van der Waals surface area contributed by atoms with E-state index in [1.807, 2.05) is 0 Å². The Balaban J connectivity index is 2.32. The molecule has 7 heteroatoms. The summed E-state index contributed by atoms with van der Waals surface area (Å²) in [6.07, 6.45) is 4.80. The van der Waals surface area contributed by atoms with Gasteiger partial charge in [0.2, 0.25) is 0 Å². The molecule has 16 heavy (non-hydrogen) atoms. The first-order valence-electron chi connectivity index (χ1n) is 4.22. The smallest absolute Gasteiger partial charge is 0.143 e. The third-order valence-corrected chi connectivity index (χ3v) is 3.29. The molecule has 82 valence electrons. The van der Waals surface area contributed by atoms with E-state index in [0.29, 0.717) is 20.1 Å². The summed E-state index contributed by atoms with van der Waals surface area (Å²) in [5.74, 6) is 0.248. The van der Waals surface area contributed by atoms with Crippen molar-refractivity contribution in [1.82, 2.24) is 15.0 Å². The van der Waals surface area contributed by atoms with Crippen molar-refractivity contribution in [2.45, 2.75) is 10.1 Å². The lowest BCUT2D eigenvalue weighted by molar-refractivity contribution is 1.04. The van der Waals surface area contributed by atoms with Crippen molar-refractivity contribution < 1.29 is 0 Å². The standard InChI is InChI=1S/C9H6Cl2N4S/c10-5-3-6(11)9(15-8(5)12)16-7-4-13-1-2-14-7/h1-4H,(H2,12,15). The Morgan fingerprint density at radius 3 is 2.69 bits per heavy atom. The van der Waals surface area contributed by atoms with Crippen LogP contribution in [0.15, 0.2) is 34.7 Å². The maximum absolute atomic E-state index is 5.98. The van der Waals surface area contributed by atoms with Gasteiger partial charge in [-0.1, -0.05) is 23.2 Å². The Hall–Kier alpha value is -1.04. The van der Waals surface area contributed by atoms with Crippen LogP contribution in [-0.2, 0) is 0 Å². The maximum Gasteiger partial charge on any atom is 0.143 e. The van der Waals surface area contributed by atoms with Gasteiger partial charge in [0.05, 0.1) is 16.2 Å². The molecule has 0 atom stereocenters. The van der Waals surface area contributed by atoms with Crippen LogP contribution in [0.4, 0.5) is 5.82 Å². The maximum atomic E-state index is 5.98. The van der Waals surface area contributed by atoms with Gasteiger partial charge in [0.25, 0.3) is 0 Å². The fourth-order valence-corrected chi connectivity index (χ4v) is 2.17. The third-order valence-electron chi connectivity index (χ3n) is 1.67. The minimum absolute atomic E-state index is 0.248. The van der Waals surface area contributed by atoms with Crippen molar-refractivity contribution >= 4 is 40.8 Å². The molecule has 0 unspecified atom stereocenters. The van der Waals surface area contributed by atoms with Crippen molar-refractivity contribution in [1.29, 1.82) is 0 Å². The number of rotatable bonds is 2. The van der Waals surface area contributed by atoms with Gasteiger partial charge in [-0.15, -0.1) is 0 Å². The molecular weight excluding hydrogens is 267 g/mol. The van der Waals surface area contributed by atoms with E-state index in [2.05, 4.69) is 15.0 Å². The van der Waals surface area contributed by atoms with Crippen LogP contribution in [0.25, 0.3) is 0 Å². The monoisotopic (exact) mass is 272 g/mol. The van der Waals surface area contributed by atoms with E-state index in [-0.39, 0.29) is 5.82 Å². The van der Waals surface area contributed by atoms with E-state index in [9.17, 15) is 0 Å². The van der Waals surface area contributed by atoms with Gasteiger partial charge in [-0.05, 0) is 17.8 Å². The molecule has 0 aliphatic heterocycles. The van der Waals surface area contributed by atoms with Crippen LogP contribution >= 0.6 is 35.0 Å². The fraction of sp³-hybridized carbons (Fsp3) is 0. The Kier molecular flexibility index (Phi) is 3.48. The van der Waals surface area contributed by atoms with Gasteiger partial charge in [-0.2, -0.15) is 0 Å². The van der Waals surface area contributed by atoms with Crippen molar-refractivity contribution in [2.24, 2.45) is 0 Å². The normalized spacial score (nSPS) is 10.4. The number of nitrogens with two attached hydrogens (primary N) is 1. The van der Waals surface area contributed by atoms with E-state index in [1.54, 1.807) is 24.7 Å². The molecule has 0 bridgehead atoms. The second-order valence-corrected chi connectivity index (χ2v) is 4.61. The number of hydrogen-bond acceptors (Lipinski definition) is 5. The molecule has 0 fully saturated rings. The fourth-order valence-electron chi connectivity index (χ4n) is 0.972. The number of pyridine rings is 1. The lowest BCUT2D eigenvalue weighted by atomic mass is 10.5. The first-order chi connectivity index (χ1) is 7.66. The lowest BCUT2D eigenvalue weighted by Gasteiger charge is -2.04. The highest BCUT2D eigenvalue weighted by Gasteiger charge is 2.09. The zero-order valence-corrected chi connectivity index (χ0v) is 10.2. The summed E-state index contributed by atoms with van der Waals surface area (Å²) in [6, 6.07) is 1.56. The lowest BCUT2D eigenvalue weighted by Crippen LogP contribution is -1.94. The van der Waals surface area contributed by atoms with Gasteiger partial charge in [-0.3, -0.25) is 4.98 Å². The van der Waals surface area contributed by atoms with Crippen LogP contribution in [0.5, 0.6) is 0 Å². The zero-order valence-electron chi connectivity index (χ0n) is 7.89. The highest BCUT2D eigenvalue weighted by Crippen LogP contribution is 2.33. The van der Waals surface area contributed by atoms with Gasteiger partial charge >= 0.3 is 0 Å². The first kappa shape index (κ1) is 11.4. The zero-order chi connectivity index (χ0) is 11.5. The molecule has 4 nitrogen and oxygen atoms in total. The van der Waals surface area contributed by atoms with Crippen LogP contribution in [0.2, 0.25) is 10.0 Å². The van der Waals surface area contributed by atoms with E-state index in [0.717, 1.165) is 0 Å². The molecule has 0 saturated carbocycles. The van der Waals surface area contributed by atoms with Gasteiger partial charge < -0.3 is 5.73 Å². The van der Waals surface area contributed by atoms with Gasteiger partial charge in [0.1, 0.15) is 15.9 Å². The molecule has 0 aliphatic carbocycles. The van der Waals surface area contributed by atoms with Crippen LogP contribution < -0.4 is 5.73 Å². The second-order valence-electron chi connectivity index (χ2n) is 2.79. The Morgan fingerprint density at radius 2 is 2.00 bits per heavy atom. The Labute approximate surface area is 106 Å². The topological polar surface area (TPSA) is 64.7 Å². The van der Waals surface area contributed by atoms with Crippen molar-refractivity contribution in [3.63, 3.8) is 0 Å². The van der Waals surface area contributed by atoms with Crippen LogP contribution in [-0.4, -0.2) is 15.0 Å². The van der Waals surface area contributed by atoms with Crippen molar-refractivity contribution in [3.8, 4) is 0 Å². The van der Waals surface area contributed by atoms with E-state index in [4.69, 9.17) is 28.9 Å². The molecule has 2 rings (SSSR count). The van der Waals surface area contributed by atoms with E-state index >= 15 is 0 Å². The predicted octanol–water partition coefficient (Wildman–Crippen LogP) is 2.91. The average molecular weight is 273 g/mol. The molecule has 0 amide bonds. The number of aromatic nitrogens is 3. The van der Waals surface area contributed by atoms with E-state index in [1.165, 1.54) is 11.8 Å². The Bertz CT molecular complexity index is 506. The molecule has 0 spiro atoms. The third kappa shape index (κ3) is 2.55. The average Bonchev–Trinajstić information content (AvgIpc) is 2.27. The number of anilines is 1. The SMILES string of the molecule is Nc1nc(Sc2cnccn2)c(Cl)cc1Cl. The van der Waals surface area contributed by atoms with Gasteiger partial charge in [0.15, 0.2) is 0 Å². The molecule has 2 heterocycles. The second kappa shape index (κ2) is 4.86. The quantitative estimate of drug-likeness (QED) is 0.911. The molecule has 2 aromatic heterocycles. The molecule has 0 aromatic carbocycles. The summed E-state index contributed by atoms with van der Waals surface area (Å²) in [6.45, 7) is 0. The summed E-state index contributed by atoms with van der Waals surface area (Å²) in [7, 11) is 0. The molecule has 2 aromatic rings. The highest BCUT2D eigenvalue weighted by molar-refractivity contribution is 7.99. The largest absolute Gasteiger partial charge is 0.382 e. The van der Waals surface area contributed by atoms with Gasteiger partial charge in [-0.25, -0.2) is 9.97 Å². The predicted molar refractivity (Wildman–Crippen MR) is 64.8 cm³/mol. The minimum atomic E-state index is 0.248. The molecule has 0 aliphatic rings. The number of nitrogen functional groups attached to an aromatic ring is 1. The van der Waals surface area contributed by atoms with Crippen LogP contribution in [0.1, 0.15) is 0 Å². The van der Waals surface area contributed by atoms with Crippen molar-refractivity contribution in [2.75, 3.05) is 5.73 Å². The molecule has 2 N–H and O–H groups in total. The Morgan fingerprint density at radius 1 is 1.19 bits per heavy atom. The van der Waals surface area contributed by atoms with E-state index < -0.39 is 0 Å². The van der Waals surface area contributed by atoms with Crippen LogP contribution in [0.3, 0.4) is 0 Å². The number of halogens is 2. The summed E-state index contributed by atoms with van der Waals surface area (Å²) in [4.78, 5) is 12.1. The summed E-state index contributed by atoms with van der Waals surface area (Å²) in [5.41, 5.74) is 5.59.